The summed E-state index contributed by atoms with van der Waals surface area (Å²) >= 11 is 0. The third-order valence-corrected chi connectivity index (χ3v) is 2.94. The van der Waals surface area contributed by atoms with Crippen molar-refractivity contribution in [1.29, 1.82) is 0 Å². The molecule has 1 fully saturated rings. The SMILES string of the molecule is CCCOCC(O)C1CCC(F)(F)CC1. The lowest BCUT2D eigenvalue weighted by Gasteiger charge is -2.31. The molecule has 0 heterocycles. The summed E-state index contributed by atoms with van der Waals surface area (Å²) in [7, 11) is 0. The molecule has 0 bridgehead atoms. The summed E-state index contributed by atoms with van der Waals surface area (Å²) in [5.41, 5.74) is 0. The second-order valence-electron chi connectivity index (χ2n) is 4.34. The average Bonchev–Trinajstić information content (AvgIpc) is 2.18. The summed E-state index contributed by atoms with van der Waals surface area (Å²) in [6.07, 6.45) is 0.959. The second kappa shape index (κ2) is 5.75. The topological polar surface area (TPSA) is 29.5 Å². The summed E-state index contributed by atoms with van der Waals surface area (Å²) in [4.78, 5) is 0. The quantitative estimate of drug-likeness (QED) is 0.724. The van der Waals surface area contributed by atoms with E-state index < -0.39 is 12.0 Å². The van der Waals surface area contributed by atoms with Crippen molar-refractivity contribution >= 4 is 0 Å². The molecule has 15 heavy (non-hydrogen) atoms. The maximum absolute atomic E-state index is 12.8. The van der Waals surface area contributed by atoms with E-state index in [0.29, 0.717) is 19.4 Å². The zero-order valence-electron chi connectivity index (χ0n) is 9.22. The minimum atomic E-state index is -2.51. The molecule has 1 aliphatic rings. The Labute approximate surface area is 89.6 Å². The lowest BCUT2D eigenvalue weighted by molar-refractivity contribution is -0.0742. The van der Waals surface area contributed by atoms with Gasteiger partial charge in [0, 0.05) is 19.4 Å². The van der Waals surface area contributed by atoms with Gasteiger partial charge in [0.05, 0.1) is 12.7 Å². The second-order valence-corrected chi connectivity index (χ2v) is 4.34. The molecule has 0 saturated heterocycles. The zero-order chi connectivity index (χ0) is 11.3. The first-order chi connectivity index (χ1) is 7.05. The fourth-order valence-corrected chi connectivity index (χ4v) is 1.93. The summed E-state index contributed by atoms with van der Waals surface area (Å²) < 4.78 is 30.9. The average molecular weight is 222 g/mol. The normalized spacial score (nSPS) is 24.0. The molecule has 0 spiro atoms. The highest BCUT2D eigenvalue weighted by atomic mass is 19.3. The van der Waals surface area contributed by atoms with E-state index in [0.717, 1.165) is 6.42 Å². The van der Waals surface area contributed by atoms with Crippen LogP contribution in [-0.2, 0) is 4.74 Å². The fourth-order valence-electron chi connectivity index (χ4n) is 1.93. The Bertz CT molecular complexity index is 175. The first kappa shape index (κ1) is 12.8. The van der Waals surface area contributed by atoms with Crippen molar-refractivity contribution in [2.75, 3.05) is 13.2 Å². The van der Waals surface area contributed by atoms with Crippen LogP contribution in [0.2, 0.25) is 0 Å². The van der Waals surface area contributed by atoms with E-state index in [1.165, 1.54) is 0 Å². The van der Waals surface area contributed by atoms with Gasteiger partial charge in [-0.2, -0.15) is 0 Å². The van der Waals surface area contributed by atoms with Crippen LogP contribution < -0.4 is 0 Å². The summed E-state index contributed by atoms with van der Waals surface area (Å²) in [5, 5.41) is 9.70. The third kappa shape index (κ3) is 4.43. The Morgan fingerprint density at radius 3 is 2.53 bits per heavy atom. The number of aliphatic hydroxyl groups is 1. The molecule has 1 aliphatic carbocycles. The largest absolute Gasteiger partial charge is 0.390 e. The highest BCUT2D eigenvalue weighted by Crippen LogP contribution is 2.37. The molecule has 0 aliphatic heterocycles. The molecule has 2 nitrogen and oxygen atoms in total. The molecule has 0 aromatic heterocycles. The summed E-state index contributed by atoms with van der Waals surface area (Å²) in [5.74, 6) is -2.53. The van der Waals surface area contributed by atoms with Crippen molar-refractivity contribution in [2.45, 2.75) is 51.1 Å². The van der Waals surface area contributed by atoms with Gasteiger partial charge in [0.15, 0.2) is 0 Å². The first-order valence-electron chi connectivity index (χ1n) is 5.69. The molecule has 0 radical (unpaired) electrons. The van der Waals surface area contributed by atoms with Crippen LogP contribution in [0.3, 0.4) is 0 Å². The Morgan fingerprint density at radius 2 is 2.00 bits per heavy atom. The molecule has 1 rings (SSSR count). The predicted molar refractivity (Wildman–Crippen MR) is 54.0 cm³/mol. The van der Waals surface area contributed by atoms with Gasteiger partial charge in [-0.1, -0.05) is 6.92 Å². The number of hydrogen-bond acceptors (Lipinski definition) is 2. The Morgan fingerprint density at radius 1 is 1.40 bits per heavy atom. The lowest BCUT2D eigenvalue weighted by atomic mass is 9.83. The summed E-state index contributed by atoms with van der Waals surface area (Å²) in [6.45, 7) is 2.90. The molecule has 1 N–H and O–H groups in total. The van der Waals surface area contributed by atoms with Crippen LogP contribution in [0.1, 0.15) is 39.0 Å². The van der Waals surface area contributed by atoms with Gasteiger partial charge in [-0.15, -0.1) is 0 Å². The van der Waals surface area contributed by atoms with Gasteiger partial charge in [0.2, 0.25) is 5.92 Å². The van der Waals surface area contributed by atoms with Gasteiger partial charge in [-0.3, -0.25) is 0 Å². The molecule has 1 saturated carbocycles. The van der Waals surface area contributed by atoms with E-state index in [1.54, 1.807) is 0 Å². The van der Waals surface area contributed by atoms with E-state index in [-0.39, 0.29) is 25.4 Å². The molecule has 90 valence electrons. The first-order valence-corrected chi connectivity index (χ1v) is 5.69. The maximum atomic E-state index is 12.8. The number of hydrogen-bond donors (Lipinski definition) is 1. The number of halogens is 2. The van der Waals surface area contributed by atoms with Gasteiger partial charge in [-0.05, 0) is 25.2 Å². The summed E-state index contributed by atoms with van der Waals surface area (Å²) in [6, 6.07) is 0. The van der Waals surface area contributed by atoms with E-state index >= 15 is 0 Å². The van der Waals surface area contributed by atoms with Crippen LogP contribution in [0.15, 0.2) is 0 Å². The van der Waals surface area contributed by atoms with Crippen molar-refractivity contribution in [3.05, 3.63) is 0 Å². The van der Waals surface area contributed by atoms with E-state index in [9.17, 15) is 13.9 Å². The Balaban J connectivity index is 2.21. The molecule has 1 atom stereocenters. The molecule has 0 aromatic rings. The molecule has 1 unspecified atom stereocenters. The van der Waals surface area contributed by atoms with E-state index in [4.69, 9.17) is 4.74 Å². The monoisotopic (exact) mass is 222 g/mol. The molecule has 0 aromatic carbocycles. The predicted octanol–water partition coefficient (Wildman–Crippen LogP) is 2.60. The van der Waals surface area contributed by atoms with Crippen molar-refractivity contribution in [1.82, 2.24) is 0 Å². The minimum Gasteiger partial charge on any atom is -0.390 e. The Kier molecular flexibility index (Phi) is 4.93. The van der Waals surface area contributed by atoms with E-state index in [1.807, 2.05) is 6.92 Å². The van der Waals surface area contributed by atoms with Crippen molar-refractivity contribution < 1.29 is 18.6 Å². The maximum Gasteiger partial charge on any atom is 0.248 e. The highest BCUT2D eigenvalue weighted by Gasteiger charge is 2.37. The molecule has 4 heteroatoms. The number of rotatable bonds is 5. The van der Waals surface area contributed by atoms with Gasteiger partial charge < -0.3 is 9.84 Å². The number of alkyl halides is 2. The van der Waals surface area contributed by atoms with Crippen LogP contribution in [0.25, 0.3) is 0 Å². The van der Waals surface area contributed by atoms with Crippen molar-refractivity contribution in [3.63, 3.8) is 0 Å². The van der Waals surface area contributed by atoms with Crippen LogP contribution in [0, 0.1) is 5.92 Å². The lowest BCUT2D eigenvalue weighted by Crippen LogP contribution is -2.33. The molecular weight excluding hydrogens is 202 g/mol. The van der Waals surface area contributed by atoms with Gasteiger partial charge in [0.25, 0.3) is 0 Å². The third-order valence-electron chi connectivity index (χ3n) is 2.94. The Hall–Kier alpha value is -0.220. The van der Waals surface area contributed by atoms with Gasteiger partial charge >= 0.3 is 0 Å². The minimum absolute atomic E-state index is 0.0125. The van der Waals surface area contributed by atoms with Crippen molar-refractivity contribution in [2.24, 2.45) is 5.92 Å². The van der Waals surface area contributed by atoms with E-state index in [2.05, 4.69) is 0 Å². The van der Waals surface area contributed by atoms with Crippen molar-refractivity contribution in [3.8, 4) is 0 Å². The van der Waals surface area contributed by atoms with Gasteiger partial charge in [0.1, 0.15) is 0 Å². The highest BCUT2D eigenvalue weighted by molar-refractivity contribution is 4.81. The standard InChI is InChI=1S/C11H20F2O2/c1-2-7-15-8-10(14)9-3-5-11(12,13)6-4-9/h9-10,14H,2-8H2,1H3. The van der Waals surface area contributed by atoms with Gasteiger partial charge in [-0.25, -0.2) is 8.78 Å². The number of aliphatic hydroxyl groups excluding tert-OH is 1. The van der Waals surface area contributed by atoms with Crippen LogP contribution in [-0.4, -0.2) is 30.3 Å². The smallest absolute Gasteiger partial charge is 0.248 e. The van der Waals surface area contributed by atoms with Crippen LogP contribution >= 0.6 is 0 Å². The van der Waals surface area contributed by atoms with Crippen LogP contribution in [0.5, 0.6) is 0 Å². The van der Waals surface area contributed by atoms with Crippen LogP contribution in [0.4, 0.5) is 8.78 Å². The molecular formula is C11H20F2O2. The molecule has 0 amide bonds. The number of ether oxygens (including phenoxy) is 1. The fraction of sp³-hybridized carbons (Fsp3) is 1.00. The zero-order valence-corrected chi connectivity index (χ0v) is 9.22.